The molecule has 0 aromatic heterocycles. The van der Waals surface area contributed by atoms with E-state index in [-0.39, 0.29) is 0 Å². The predicted octanol–water partition coefficient (Wildman–Crippen LogP) is 2.51. The maximum Gasteiger partial charge on any atom is 0.0434 e. The summed E-state index contributed by atoms with van der Waals surface area (Å²) >= 11 is 0. The Labute approximate surface area is 70.2 Å². The largest absolute Gasteiger partial charge is 0.305 e. The molecule has 64 valence electrons. The Balaban J connectivity index is 3.75. The van der Waals surface area contributed by atoms with Crippen LogP contribution in [0.4, 0.5) is 0 Å². The highest BCUT2D eigenvalue weighted by atomic mass is 14.9. The number of nitrogens with one attached hydrogen (secondary N) is 1. The average Bonchev–Trinajstić information content (AvgIpc) is 1.97. The van der Waals surface area contributed by atoms with Gasteiger partial charge in [-0.3, -0.25) is 0 Å². The van der Waals surface area contributed by atoms with E-state index in [1.54, 1.807) is 0 Å². The summed E-state index contributed by atoms with van der Waals surface area (Å²) in [7, 11) is 0. The van der Waals surface area contributed by atoms with Crippen molar-refractivity contribution in [1.29, 1.82) is 0 Å². The van der Waals surface area contributed by atoms with E-state index in [0.29, 0.717) is 12.1 Å². The standard InChI is InChI=1S/C10H19N/c1-5-7-8-10(6-2)11-9(3)4/h6-11H,2,5H2,1,3-4H3/b8-7-. The minimum Gasteiger partial charge on any atom is -0.305 e. The van der Waals surface area contributed by atoms with Gasteiger partial charge in [0.1, 0.15) is 0 Å². The fraction of sp³-hybridized carbons (Fsp3) is 0.600. The Bertz CT molecular complexity index is 125. The van der Waals surface area contributed by atoms with E-state index in [4.69, 9.17) is 0 Å². The SMILES string of the molecule is C=CC(/C=C\CC)NC(C)C. The van der Waals surface area contributed by atoms with Gasteiger partial charge in [0.05, 0.1) is 0 Å². The lowest BCUT2D eigenvalue weighted by Crippen LogP contribution is -2.31. The number of rotatable bonds is 5. The van der Waals surface area contributed by atoms with Crippen LogP contribution in [0.15, 0.2) is 24.8 Å². The van der Waals surface area contributed by atoms with Crippen LogP contribution in [0.2, 0.25) is 0 Å². The fourth-order valence-corrected chi connectivity index (χ4v) is 0.870. The normalized spacial score (nSPS) is 14.2. The average molecular weight is 153 g/mol. The zero-order chi connectivity index (χ0) is 8.69. The molecule has 1 heteroatoms. The van der Waals surface area contributed by atoms with Gasteiger partial charge in [0.15, 0.2) is 0 Å². The topological polar surface area (TPSA) is 12.0 Å². The monoisotopic (exact) mass is 153 g/mol. The van der Waals surface area contributed by atoms with Crippen molar-refractivity contribution in [3.8, 4) is 0 Å². The third-order valence-electron chi connectivity index (χ3n) is 1.36. The van der Waals surface area contributed by atoms with Gasteiger partial charge in [0.25, 0.3) is 0 Å². The molecule has 0 fully saturated rings. The van der Waals surface area contributed by atoms with E-state index < -0.39 is 0 Å². The summed E-state index contributed by atoms with van der Waals surface area (Å²) in [5.41, 5.74) is 0. The summed E-state index contributed by atoms with van der Waals surface area (Å²) in [6.45, 7) is 10.2. The van der Waals surface area contributed by atoms with Crippen molar-refractivity contribution in [3.05, 3.63) is 24.8 Å². The van der Waals surface area contributed by atoms with Crippen molar-refractivity contribution in [2.75, 3.05) is 0 Å². The van der Waals surface area contributed by atoms with Crippen LogP contribution >= 0.6 is 0 Å². The van der Waals surface area contributed by atoms with Crippen LogP contribution in [0.5, 0.6) is 0 Å². The lowest BCUT2D eigenvalue weighted by molar-refractivity contribution is 0.577. The maximum absolute atomic E-state index is 3.75. The first kappa shape index (κ1) is 10.4. The summed E-state index contributed by atoms with van der Waals surface area (Å²) in [6.07, 6.45) is 7.31. The molecule has 1 nitrogen and oxygen atoms in total. The van der Waals surface area contributed by atoms with E-state index in [0.717, 1.165) is 6.42 Å². The smallest absolute Gasteiger partial charge is 0.0434 e. The summed E-state index contributed by atoms with van der Waals surface area (Å²) < 4.78 is 0. The van der Waals surface area contributed by atoms with Gasteiger partial charge in [-0.2, -0.15) is 0 Å². The Kier molecular flexibility index (Phi) is 5.86. The molecule has 0 aromatic carbocycles. The second kappa shape index (κ2) is 6.17. The molecule has 0 aliphatic rings. The molecule has 11 heavy (non-hydrogen) atoms. The van der Waals surface area contributed by atoms with E-state index in [2.05, 4.69) is 44.8 Å². The van der Waals surface area contributed by atoms with Gasteiger partial charge in [-0.05, 0) is 6.42 Å². The van der Waals surface area contributed by atoms with Crippen LogP contribution in [-0.4, -0.2) is 12.1 Å². The first-order valence-corrected chi connectivity index (χ1v) is 4.26. The van der Waals surface area contributed by atoms with Gasteiger partial charge in [0, 0.05) is 12.1 Å². The minimum atomic E-state index is 0.329. The summed E-state index contributed by atoms with van der Waals surface area (Å²) in [5.74, 6) is 0. The first-order valence-electron chi connectivity index (χ1n) is 4.26. The summed E-state index contributed by atoms with van der Waals surface area (Å²) in [5, 5.41) is 3.36. The third kappa shape index (κ3) is 5.86. The lowest BCUT2D eigenvalue weighted by atomic mass is 10.2. The highest BCUT2D eigenvalue weighted by Gasteiger charge is 1.98. The van der Waals surface area contributed by atoms with Crippen molar-refractivity contribution in [2.24, 2.45) is 0 Å². The van der Waals surface area contributed by atoms with Crippen LogP contribution < -0.4 is 5.32 Å². The summed E-state index contributed by atoms with van der Waals surface area (Å²) in [6, 6.07) is 0.842. The molecule has 1 unspecified atom stereocenters. The fourth-order valence-electron chi connectivity index (χ4n) is 0.870. The second-order valence-electron chi connectivity index (χ2n) is 2.92. The van der Waals surface area contributed by atoms with Gasteiger partial charge in [-0.1, -0.05) is 39.0 Å². The lowest BCUT2D eigenvalue weighted by Gasteiger charge is -2.13. The zero-order valence-electron chi connectivity index (χ0n) is 7.80. The molecule has 1 atom stereocenters. The number of hydrogen-bond acceptors (Lipinski definition) is 1. The molecule has 0 bridgehead atoms. The van der Waals surface area contributed by atoms with Crippen molar-refractivity contribution >= 4 is 0 Å². The van der Waals surface area contributed by atoms with Crippen molar-refractivity contribution < 1.29 is 0 Å². The van der Waals surface area contributed by atoms with Crippen molar-refractivity contribution in [2.45, 2.75) is 39.3 Å². The van der Waals surface area contributed by atoms with Gasteiger partial charge >= 0.3 is 0 Å². The minimum absolute atomic E-state index is 0.329. The van der Waals surface area contributed by atoms with E-state index in [1.165, 1.54) is 0 Å². The highest BCUT2D eigenvalue weighted by molar-refractivity contribution is 5.02. The zero-order valence-corrected chi connectivity index (χ0v) is 7.80. The van der Waals surface area contributed by atoms with E-state index in [1.807, 2.05) is 6.08 Å². The molecule has 0 aliphatic carbocycles. The molecule has 0 radical (unpaired) electrons. The quantitative estimate of drug-likeness (QED) is 0.598. The van der Waals surface area contributed by atoms with Gasteiger partial charge < -0.3 is 5.32 Å². The molecule has 0 heterocycles. The predicted molar refractivity (Wildman–Crippen MR) is 51.7 cm³/mol. The van der Waals surface area contributed by atoms with Crippen LogP contribution in [0.25, 0.3) is 0 Å². The molecular weight excluding hydrogens is 134 g/mol. The van der Waals surface area contributed by atoms with Crippen molar-refractivity contribution in [1.82, 2.24) is 5.32 Å². The van der Waals surface area contributed by atoms with Crippen LogP contribution in [-0.2, 0) is 0 Å². The highest BCUT2D eigenvalue weighted by Crippen LogP contribution is 1.92. The Morgan fingerprint density at radius 2 is 2.09 bits per heavy atom. The number of hydrogen-bond donors (Lipinski definition) is 1. The Morgan fingerprint density at radius 3 is 2.45 bits per heavy atom. The van der Waals surface area contributed by atoms with Gasteiger partial charge in [0.2, 0.25) is 0 Å². The van der Waals surface area contributed by atoms with E-state index >= 15 is 0 Å². The second-order valence-corrected chi connectivity index (χ2v) is 2.92. The number of allylic oxidation sites excluding steroid dienone is 1. The van der Waals surface area contributed by atoms with Crippen LogP contribution in [0.3, 0.4) is 0 Å². The first-order chi connectivity index (χ1) is 5.20. The van der Waals surface area contributed by atoms with Crippen molar-refractivity contribution in [3.63, 3.8) is 0 Å². The van der Waals surface area contributed by atoms with Crippen LogP contribution in [0, 0.1) is 0 Å². The van der Waals surface area contributed by atoms with Gasteiger partial charge in [-0.25, -0.2) is 0 Å². The molecule has 0 saturated carbocycles. The third-order valence-corrected chi connectivity index (χ3v) is 1.36. The Morgan fingerprint density at radius 1 is 1.45 bits per heavy atom. The molecule has 0 rings (SSSR count). The molecule has 1 N–H and O–H groups in total. The molecule has 0 aromatic rings. The summed E-state index contributed by atoms with van der Waals surface area (Å²) in [4.78, 5) is 0. The van der Waals surface area contributed by atoms with Crippen LogP contribution in [0.1, 0.15) is 27.2 Å². The molecule has 0 aliphatic heterocycles. The molecule has 0 amide bonds. The molecule has 0 saturated heterocycles. The molecular formula is C10H19N. The van der Waals surface area contributed by atoms with Gasteiger partial charge in [-0.15, -0.1) is 6.58 Å². The molecule has 0 spiro atoms. The van der Waals surface area contributed by atoms with E-state index in [9.17, 15) is 0 Å². The maximum atomic E-state index is 3.75. The Hall–Kier alpha value is -0.560.